The SMILES string of the molecule is CC(CN)Cc1nc2ccc(F)cc2s1. The van der Waals surface area contributed by atoms with Crippen molar-refractivity contribution in [3.8, 4) is 0 Å². The van der Waals surface area contributed by atoms with Gasteiger partial charge in [0.25, 0.3) is 0 Å². The quantitative estimate of drug-likeness (QED) is 0.870. The van der Waals surface area contributed by atoms with E-state index in [0.29, 0.717) is 12.5 Å². The van der Waals surface area contributed by atoms with Gasteiger partial charge in [0.1, 0.15) is 5.82 Å². The molecule has 0 aliphatic carbocycles. The van der Waals surface area contributed by atoms with Gasteiger partial charge < -0.3 is 5.73 Å². The van der Waals surface area contributed by atoms with Crippen LogP contribution < -0.4 is 5.73 Å². The number of nitrogens with two attached hydrogens (primary N) is 1. The second-order valence-corrected chi connectivity index (χ2v) is 4.88. The third-order valence-corrected chi connectivity index (χ3v) is 3.36. The van der Waals surface area contributed by atoms with Gasteiger partial charge >= 0.3 is 0 Å². The van der Waals surface area contributed by atoms with Crippen LogP contribution in [0.5, 0.6) is 0 Å². The summed E-state index contributed by atoms with van der Waals surface area (Å²) in [7, 11) is 0. The van der Waals surface area contributed by atoms with Gasteiger partial charge in [0.05, 0.1) is 15.2 Å². The lowest BCUT2D eigenvalue weighted by Crippen LogP contribution is -2.12. The lowest BCUT2D eigenvalue weighted by molar-refractivity contribution is 0.592. The zero-order valence-electron chi connectivity index (χ0n) is 8.53. The third kappa shape index (κ3) is 2.33. The van der Waals surface area contributed by atoms with Gasteiger partial charge in [0.2, 0.25) is 0 Å². The van der Waals surface area contributed by atoms with Gasteiger partial charge in [0.15, 0.2) is 0 Å². The number of rotatable bonds is 3. The maximum absolute atomic E-state index is 12.9. The molecule has 0 aliphatic heterocycles. The molecule has 2 aromatic rings. The number of fused-ring (bicyclic) bond motifs is 1. The Morgan fingerprint density at radius 1 is 1.53 bits per heavy atom. The van der Waals surface area contributed by atoms with Crippen molar-refractivity contribution in [2.45, 2.75) is 13.3 Å². The van der Waals surface area contributed by atoms with Crippen LogP contribution in [-0.4, -0.2) is 11.5 Å². The summed E-state index contributed by atoms with van der Waals surface area (Å²) in [4.78, 5) is 4.44. The Kier molecular flexibility index (Phi) is 2.98. The molecule has 0 spiro atoms. The lowest BCUT2D eigenvalue weighted by Gasteiger charge is -2.03. The molecule has 1 aromatic carbocycles. The van der Waals surface area contributed by atoms with Crippen molar-refractivity contribution in [1.82, 2.24) is 4.98 Å². The number of benzene rings is 1. The minimum Gasteiger partial charge on any atom is -0.330 e. The summed E-state index contributed by atoms with van der Waals surface area (Å²) >= 11 is 1.55. The maximum atomic E-state index is 12.9. The average Bonchev–Trinajstić information content (AvgIpc) is 2.59. The summed E-state index contributed by atoms with van der Waals surface area (Å²) < 4.78 is 13.8. The van der Waals surface area contributed by atoms with E-state index in [9.17, 15) is 4.39 Å². The summed E-state index contributed by atoms with van der Waals surface area (Å²) in [5.74, 6) is 0.222. The first kappa shape index (κ1) is 10.5. The fourth-order valence-corrected chi connectivity index (χ4v) is 2.57. The Labute approximate surface area is 91.9 Å². The highest BCUT2D eigenvalue weighted by Crippen LogP contribution is 2.24. The van der Waals surface area contributed by atoms with Crippen molar-refractivity contribution in [3.63, 3.8) is 0 Å². The van der Waals surface area contributed by atoms with Crippen LogP contribution in [0.25, 0.3) is 10.2 Å². The number of hydrogen-bond acceptors (Lipinski definition) is 3. The van der Waals surface area contributed by atoms with Crippen LogP contribution in [0.3, 0.4) is 0 Å². The molecule has 0 aliphatic rings. The highest BCUT2D eigenvalue weighted by Gasteiger charge is 2.07. The molecule has 0 bridgehead atoms. The molecule has 0 amide bonds. The van der Waals surface area contributed by atoms with Gasteiger partial charge in [0, 0.05) is 6.42 Å². The van der Waals surface area contributed by atoms with Gasteiger partial charge in [-0.2, -0.15) is 0 Å². The minimum atomic E-state index is -0.204. The van der Waals surface area contributed by atoms with Gasteiger partial charge in [-0.25, -0.2) is 9.37 Å². The van der Waals surface area contributed by atoms with Gasteiger partial charge in [-0.1, -0.05) is 6.92 Å². The van der Waals surface area contributed by atoms with Crippen molar-refractivity contribution in [2.24, 2.45) is 11.7 Å². The predicted molar refractivity (Wildman–Crippen MR) is 61.5 cm³/mol. The van der Waals surface area contributed by atoms with Crippen LogP contribution in [0.4, 0.5) is 4.39 Å². The molecule has 4 heteroatoms. The molecule has 80 valence electrons. The summed E-state index contributed by atoms with van der Waals surface area (Å²) in [6.07, 6.45) is 0.872. The molecule has 2 rings (SSSR count). The van der Waals surface area contributed by atoms with Crippen LogP contribution in [0, 0.1) is 11.7 Å². The lowest BCUT2D eigenvalue weighted by atomic mass is 10.1. The molecular formula is C11H13FN2S. The van der Waals surface area contributed by atoms with Crippen molar-refractivity contribution < 1.29 is 4.39 Å². The minimum absolute atomic E-state index is 0.204. The standard InChI is InChI=1S/C11H13FN2S/c1-7(6-13)4-11-14-9-3-2-8(12)5-10(9)15-11/h2-3,5,7H,4,6,13H2,1H3. The maximum Gasteiger partial charge on any atom is 0.124 e. The molecule has 1 atom stereocenters. The molecule has 1 heterocycles. The molecule has 0 saturated heterocycles. The van der Waals surface area contributed by atoms with Gasteiger partial charge in [-0.05, 0) is 30.7 Å². The highest BCUT2D eigenvalue weighted by atomic mass is 32.1. The van der Waals surface area contributed by atoms with Crippen LogP contribution in [0.15, 0.2) is 18.2 Å². The van der Waals surface area contributed by atoms with Crippen molar-refractivity contribution in [1.29, 1.82) is 0 Å². The van der Waals surface area contributed by atoms with Gasteiger partial charge in [-0.3, -0.25) is 0 Å². The van der Waals surface area contributed by atoms with E-state index >= 15 is 0 Å². The first-order chi connectivity index (χ1) is 7.19. The summed E-state index contributed by atoms with van der Waals surface area (Å²) in [5.41, 5.74) is 6.43. The topological polar surface area (TPSA) is 38.9 Å². The summed E-state index contributed by atoms with van der Waals surface area (Å²) in [6, 6.07) is 4.69. The van der Waals surface area contributed by atoms with E-state index in [1.54, 1.807) is 17.4 Å². The second-order valence-electron chi connectivity index (χ2n) is 3.76. The van der Waals surface area contributed by atoms with Crippen LogP contribution >= 0.6 is 11.3 Å². The third-order valence-electron chi connectivity index (χ3n) is 2.32. The number of aromatic nitrogens is 1. The number of halogens is 1. The summed E-state index contributed by atoms with van der Waals surface area (Å²) in [5, 5.41) is 1.04. The molecule has 0 fully saturated rings. The average molecular weight is 224 g/mol. The monoisotopic (exact) mass is 224 g/mol. The Bertz CT molecular complexity index is 467. The van der Waals surface area contributed by atoms with E-state index in [2.05, 4.69) is 11.9 Å². The van der Waals surface area contributed by atoms with E-state index < -0.39 is 0 Å². The molecule has 1 unspecified atom stereocenters. The first-order valence-electron chi connectivity index (χ1n) is 4.94. The fraction of sp³-hybridized carbons (Fsp3) is 0.364. The Hall–Kier alpha value is -1.000. The molecule has 1 aromatic heterocycles. The summed E-state index contributed by atoms with van der Waals surface area (Å²) in [6.45, 7) is 2.75. The zero-order chi connectivity index (χ0) is 10.8. The smallest absolute Gasteiger partial charge is 0.124 e. The Morgan fingerprint density at radius 2 is 2.33 bits per heavy atom. The molecule has 2 N–H and O–H groups in total. The molecule has 0 saturated carbocycles. The second kappa shape index (κ2) is 4.24. The fourth-order valence-electron chi connectivity index (χ4n) is 1.41. The number of thiazole rings is 1. The van der Waals surface area contributed by atoms with E-state index in [1.165, 1.54) is 12.1 Å². The Morgan fingerprint density at radius 3 is 3.07 bits per heavy atom. The molecule has 0 radical (unpaired) electrons. The predicted octanol–water partition coefficient (Wildman–Crippen LogP) is 2.57. The van der Waals surface area contributed by atoms with Crippen molar-refractivity contribution >= 4 is 21.6 Å². The largest absolute Gasteiger partial charge is 0.330 e. The van der Waals surface area contributed by atoms with Gasteiger partial charge in [-0.15, -0.1) is 11.3 Å². The molecular weight excluding hydrogens is 211 g/mol. The van der Waals surface area contributed by atoms with Crippen LogP contribution in [0.1, 0.15) is 11.9 Å². The highest BCUT2D eigenvalue weighted by molar-refractivity contribution is 7.18. The van der Waals surface area contributed by atoms with Crippen LogP contribution in [-0.2, 0) is 6.42 Å². The van der Waals surface area contributed by atoms with E-state index in [-0.39, 0.29) is 5.82 Å². The number of hydrogen-bond donors (Lipinski definition) is 1. The van der Waals surface area contributed by atoms with Crippen molar-refractivity contribution in [2.75, 3.05) is 6.54 Å². The Balaban J connectivity index is 2.30. The van der Waals surface area contributed by atoms with E-state index in [0.717, 1.165) is 21.6 Å². The normalized spacial score (nSPS) is 13.3. The van der Waals surface area contributed by atoms with Crippen LogP contribution in [0.2, 0.25) is 0 Å². The molecule has 15 heavy (non-hydrogen) atoms. The zero-order valence-corrected chi connectivity index (χ0v) is 9.35. The number of nitrogens with zero attached hydrogens (tertiary/aromatic N) is 1. The first-order valence-corrected chi connectivity index (χ1v) is 5.75. The van der Waals surface area contributed by atoms with E-state index in [4.69, 9.17) is 5.73 Å². The van der Waals surface area contributed by atoms with Crippen molar-refractivity contribution in [3.05, 3.63) is 29.0 Å². The van der Waals surface area contributed by atoms with E-state index in [1.807, 2.05) is 0 Å². The molecule has 2 nitrogen and oxygen atoms in total.